The average Bonchev–Trinajstić information content (AvgIpc) is 3.57. The van der Waals surface area contributed by atoms with Crippen molar-refractivity contribution in [2.24, 2.45) is 0 Å². The van der Waals surface area contributed by atoms with Crippen molar-refractivity contribution < 1.29 is 13.2 Å². The van der Waals surface area contributed by atoms with Gasteiger partial charge in [-0.15, -0.1) is 0 Å². The van der Waals surface area contributed by atoms with E-state index < -0.39 is 10.0 Å². The van der Waals surface area contributed by atoms with Crippen LogP contribution < -0.4 is 0 Å². The maximum absolute atomic E-state index is 13.2. The molecule has 0 radical (unpaired) electrons. The second-order valence-electron chi connectivity index (χ2n) is 8.59. The van der Waals surface area contributed by atoms with Crippen LogP contribution in [-0.2, 0) is 10.0 Å². The maximum atomic E-state index is 13.2. The zero-order valence-corrected chi connectivity index (χ0v) is 18.7. The second kappa shape index (κ2) is 7.50. The average molecular weight is 438 g/mol. The summed E-state index contributed by atoms with van der Waals surface area (Å²) in [5.74, 6) is 0.00255. The van der Waals surface area contributed by atoms with Crippen LogP contribution in [-0.4, -0.2) is 54.3 Å². The first kappa shape index (κ1) is 20.3. The Balaban J connectivity index is 1.31. The Morgan fingerprint density at radius 1 is 0.903 bits per heavy atom. The van der Waals surface area contributed by atoms with Gasteiger partial charge in [-0.3, -0.25) is 4.79 Å². The van der Waals surface area contributed by atoms with Gasteiger partial charge in [-0.2, -0.15) is 4.31 Å². The lowest BCUT2D eigenvalue weighted by Gasteiger charge is -2.34. The first-order valence-electron chi connectivity index (χ1n) is 10.8. The molecule has 3 aromatic rings. The van der Waals surface area contributed by atoms with E-state index in [0.717, 1.165) is 27.7 Å². The van der Waals surface area contributed by atoms with Gasteiger partial charge in [0.25, 0.3) is 5.91 Å². The molecule has 0 N–H and O–H groups in total. The van der Waals surface area contributed by atoms with E-state index in [0.29, 0.717) is 37.1 Å². The third-order valence-corrected chi connectivity index (χ3v) is 8.41. The number of aromatic nitrogens is 1. The first-order valence-corrected chi connectivity index (χ1v) is 12.3. The number of amides is 1. The Bertz CT molecular complexity index is 1270. The Hall–Kier alpha value is -2.64. The molecule has 1 saturated heterocycles. The predicted molar refractivity (Wildman–Crippen MR) is 121 cm³/mol. The number of hydrogen-bond donors (Lipinski definition) is 0. The number of sulfonamides is 1. The van der Waals surface area contributed by atoms with E-state index in [-0.39, 0.29) is 5.91 Å². The fourth-order valence-corrected chi connectivity index (χ4v) is 6.13. The molecule has 6 nitrogen and oxygen atoms in total. The van der Waals surface area contributed by atoms with Crippen LogP contribution >= 0.6 is 0 Å². The normalized spacial score (nSPS) is 17.9. The number of benzene rings is 2. The summed E-state index contributed by atoms with van der Waals surface area (Å²) in [6.07, 6.45) is 2.35. The monoisotopic (exact) mass is 437 g/mol. The van der Waals surface area contributed by atoms with E-state index in [9.17, 15) is 13.2 Å². The molecule has 0 atom stereocenters. The number of nitrogens with zero attached hydrogens (tertiary/aromatic N) is 3. The van der Waals surface area contributed by atoms with Crippen LogP contribution in [0.2, 0.25) is 0 Å². The van der Waals surface area contributed by atoms with Gasteiger partial charge in [0.1, 0.15) is 0 Å². The molecule has 1 amide bonds. The van der Waals surface area contributed by atoms with Crippen molar-refractivity contribution in [2.45, 2.75) is 37.6 Å². The highest BCUT2D eigenvalue weighted by Crippen LogP contribution is 2.38. The maximum Gasteiger partial charge on any atom is 0.255 e. The van der Waals surface area contributed by atoms with Crippen LogP contribution in [0.3, 0.4) is 0 Å². The summed E-state index contributed by atoms with van der Waals surface area (Å²) in [5, 5.41) is 1.92. The van der Waals surface area contributed by atoms with E-state index in [4.69, 9.17) is 0 Å². The number of fused-ring (bicyclic) bond motifs is 1. The van der Waals surface area contributed by atoms with Crippen LogP contribution in [0.25, 0.3) is 10.8 Å². The fraction of sp³-hybridized carbons (Fsp3) is 0.375. The van der Waals surface area contributed by atoms with Crippen molar-refractivity contribution in [1.29, 1.82) is 0 Å². The predicted octanol–water partition coefficient (Wildman–Crippen LogP) is 3.74. The summed E-state index contributed by atoms with van der Waals surface area (Å²) in [4.78, 5) is 15.2. The Morgan fingerprint density at radius 3 is 2.26 bits per heavy atom. The van der Waals surface area contributed by atoms with E-state index in [2.05, 4.69) is 11.5 Å². The van der Waals surface area contributed by atoms with Crippen molar-refractivity contribution in [3.8, 4) is 0 Å². The van der Waals surface area contributed by atoms with Crippen LogP contribution in [0.1, 0.15) is 40.6 Å². The van der Waals surface area contributed by atoms with Crippen molar-refractivity contribution >= 4 is 26.7 Å². The summed E-state index contributed by atoms with van der Waals surface area (Å²) >= 11 is 0. The topological polar surface area (TPSA) is 62.6 Å². The smallest absolute Gasteiger partial charge is 0.255 e. The van der Waals surface area contributed by atoms with Crippen LogP contribution in [0.15, 0.2) is 53.4 Å². The minimum atomic E-state index is -3.59. The first-order chi connectivity index (χ1) is 14.9. The van der Waals surface area contributed by atoms with Crippen molar-refractivity contribution in [1.82, 2.24) is 13.8 Å². The minimum Gasteiger partial charge on any atom is -0.345 e. The molecule has 2 aromatic carbocycles. The SMILES string of the molecule is Cc1cc(C(=O)N2CCN(S(=O)(=O)c3ccc4ccccc4c3)CC2)c(C)n1C1CC1. The highest BCUT2D eigenvalue weighted by atomic mass is 32.2. The number of rotatable bonds is 4. The molecule has 1 aliphatic carbocycles. The Kier molecular flexibility index (Phi) is 4.90. The number of aryl methyl sites for hydroxylation is 1. The van der Waals surface area contributed by atoms with Gasteiger partial charge in [0.05, 0.1) is 10.5 Å². The van der Waals surface area contributed by atoms with Crippen LogP contribution in [0.4, 0.5) is 0 Å². The zero-order valence-electron chi connectivity index (χ0n) is 17.9. The van der Waals surface area contributed by atoms with Gasteiger partial charge in [0.15, 0.2) is 0 Å². The van der Waals surface area contributed by atoms with E-state index in [1.807, 2.05) is 43.3 Å². The molecule has 31 heavy (non-hydrogen) atoms. The van der Waals surface area contributed by atoms with E-state index in [1.165, 1.54) is 17.1 Å². The van der Waals surface area contributed by atoms with Crippen LogP contribution in [0, 0.1) is 13.8 Å². The summed E-state index contributed by atoms with van der Waals surface area (Å²) in [5.41, 5.74) is 2.90. The van der Waals surface area contributed by atoms with Gasteiger partial charge in [0, 0.05) is 43.6 Å². The number of carbonyl (C=O) groups excluding carboxylic acids is 1. The molecular formula is C24H27N3O3S. The number of carbonyl (C=O) groups is 1. The van der Waals surface area contributed by atoms with Gasteiger partial charge >= 0.3 is 0 Å². The summed E-state index contributed by atoms with van der Waals surface area (Å²) in [6.45, 7) is 5.48. The van der Waals surface area contributed by atoms with Crippen LogP contribution in [0.5, 0.6) is 0 Å². The highest BCUT2D eigenvalue weighted by Gasteiger charge is 2.33. The molecule has 162 valence electrons. The molecule has 2 heterocycles. The molecule has 1 saturated carbocycles. The van der Waals surface area contributed by atoms with Crippen molar-refractivity contribution in [2.75, 3.05) is 26.2 Å². The third-order valence-electron chi connectivity index (χ3n) is 6.51. The fourth-order valence-electron chi connectivity index (χ4n) is 4.67. The van der Waals surface area contributed by atoms with Gasteiger partial charge < -0.3 is 9.47 Å². The quantitative estimate of drug-likeness (QED) is 0.625. The number of hydrogen-bond acceptors (Lipinski definition) is 3. The summed E-state index contributed by atoms with van der Waals surface area (Å²) in [6, 6.07) is 15.5. The number of piperazine rings is 1. The summed E-state index contributed by atoms with van der Waals surface area (Å²) in [7, 11) is -3.59. The lowest BCUT2D eigenvalue weighted by molar-refractivity contribution is 0.0697. The molecule has 2 aliphatic rings. The van der Waals surface area contributed by atoms with Crippen molar-refractivity contribution in [3.05, 3.63) is 65.5 Å². The zero-order chi connectivity index (χ0) is 21.8. The second-order valence-corrected chi connectivity index (χ2v) is 10.5. The van der Waals surface area contributed by atoms with Gasteiger partial charge in [0.2, 0.25) is 10.0 Å². The molecule has 5 rings (SSSR count). The Labute approximate surface area is 183 Å². The highest BCUT2D eigenvalue weighted by molar-refractivity contribution is 7.89. The van der Waals surface area contributed by atoms with Crippen molar-refractivity contribution in [3.63, 3.8) is 0 Å². The van der Waals surface area contributed by atoms with E-state index >= 15 is 0 Å². The van der Waals surface area contributed by atoms with Gasteiger partial charge in [-0.1, -0.05) is 30.3 Å². The Morgan fingerprint density at radius 2 is 1.58 bits per heavy atom. The molecule has 1 aliphatic heterocycles. The summed E-state index contributed by atoms with van der Waals surface area (Å²) < 4.78 is 30.1. The third kappa shape index (κ3) is 3.55. The molecule has 7 heteroatoms. The minimum absolute atomic E-state index is 0.00255. The molecule has 0 unspecified atom stereocenters. The van der Waals surface area contributed by atoms with Gasteiger partial charge in [-0.25, -0.2) is 8.42 Å². The molecule has 1 aromatic heterocycles. The lowest BCUT2D eigenvalue weighted by atomic mass is 10.1. The standard InChI is InChI=1S/C24H27N3O3S/c1-17-15-23(18(2)27(17)21-8-9-21)24(28)25-11-13-26(14-12-25)31(29,30)22-10-7-19-5-3-4-6-20(19)16-22/h3-7,10,15-16,21H,8-9,11-14H2,1-2H3. The molecule has 2 fully saturated rings. The lowest BCUT2D eigenvalue weighted by Crippen LogP contribution is -2.50. The van der Waals surface area contributed by atoms with Gasteiger partial charge in [-0.05, 0) is 55.7 Å². The molecule has 0 bridgehead atoms. The van der Waals surface area contributed by atoms with E-state index in [1.54, 1.807) is 17.0 Å². The molecule has 0 spiro atoms. The molecular weight excluding hydrogens is 410 g/mol. The largest absolute Gasteiger partial charge is 0.345 e.